The maximum absolute atomic E-state index is 12.0. The molecule has 1 aliphatic carbocycles. The molecule has 0 aromatic heterocycles. The van der Waals surface area contributed by atoms with Gasteiger partial charge in [0.25, 0.3) is 0 Å². The molecule has 3 heteroatoms. The Hall–Kier alpha value is -0.570. The third-order valence-corrected chi connectivity index (χ3v) is 3.49. The number of hydrogen-bond acceptors (Lipinski definition) is 2. The summed E-state index contributed by atoms with van der Waals surface area (Å²) >= 11 is 0. The number of aliphatic hydroxyl groups excluding tert-OH is 1. The van der Waals surface area contributed by atoms with Crippen LogP contribution in [0.3, 0.4) is 0 Å². The second kappa shape index (κ2) is 4.97. The van der Waals surface area contributed by atoms with Crippen LogP contribution in [0.5, 0.6) is 0 Å². The highest BCUT2D eigenvalue weighted by Crippen LogP contribution is 2.40. The molecular weight excluding hydrogens is 190 g/mol. The van der Waals surface area contributed by atoms with E-state index in [-0.39, 0.29) is 29.9 Å². The van der Waals surface area contributed by atoms with E-state index in [1.54, 1.807) is 0 Å². The van der Waals surface area contributed by atoms with Crippen LogP contribution in [0.4, 0.5) is 0 Å². The Labute approximate surface area is 92.3 Å². The van der Waals surface area contributed by atoms with E-state index < -0.39 is 0 Å². The van der Waals surface area contributed by atoms with Crippen molar-refractivity contribution < 1.29 is 9.90 Å². The average Bonchev–Trinajstić information content (AvgIpc) is 2.16. The molecule has 2 atom stereocenters. The minimum atomic E-state index is -0.129. The van der Waals surface area contributed by atoms with Crippen LogP contribution in [0.15, 0.2) is 0 Å². The Kier molecular flexibility index (Phi) is 4.14. The lowest BCUT2D eigenvalue weighted by Crippen LogP contribution is -2.45. The smallest absolute Gasteiger partial charge is 0.223 e. The molecule has 0 aromatic carbocycles. The maximum Gasteiger partial charge on any atom is 0.223 e. The zero-order valence-electron chi connectivity index (χ0n) is 10.0. The second-order valence-corrected chi connectivity index (χ2v) is 5.38. The Morgan fingerprint density at radius 2 is 2.20 bits per heavy atom. The molecule has 0 saturated heterocycles. The Balaban J connectivity index is 2.57. The predicted molar refractivity (Wildman–Crippen MR) is 60.4 cm³/mol. The Morgan fingerprint density at radius 1 is 1.53 bits per heavy atom. The van der Waals surface area contributed by atoms with Crippen LogP contribution in [0.1, 0.15) is 46.5 Å². The van der Waals surface area contributed by atoms with Gasteiger partial charge in [0.15, 0.2) is 0 Å². The summed E-state index contributed by atoms with van der Waals surface area (Å²) in [6, 6.07) is -0.129. The van der Waals surface area contributed by atoms with Crippen LogP contribution in [-0.4, -0.2) is 23.7 Å². The van der Waals surface area contributed by atoms with Gasteiger partial charge < -0.3 is 10.4 Å². The molecule has 1 amide bonds. The molecule has 2 N–H and O–H groups in total. The van der Waals surface area contributed by atoms with Gasteiger partial charge in [-0.2, -0.15) is 0 Å². The molecule has 0 bridgehead atoms. The lowest BCUT2D eigenvalue weighted by atomic mass is 9.68. The lowest BCUT2D eigenvalue weighted by Gasteiger charge is -2.37. The molecule has 3 nitrogen and oxygen atoms in total. The first-order valence-corrected chi connectivity index (χ1v) is 5.88. The van der Waals surface area contributed by atoms with E-state index in [0.717, 1.165) is 19.3 Å². The topological polar surface area (TPSA) is 49.3 Å². The Bertz CT molecular complexity index is 226. The van der Waals surface area contributed by atoms with Gasteiger partial charge in [0.05, 0.1) is 6.61 Å². The van der Waals surface area contributed by atoms with Crippen LogP contribution >= 0.6 is 0 Å². The monoisotopic (exact) mass is 213 g/mol. The summed E-state index contributed by atoms with van der Waals surface area (Å²) in [7, 11) is 0. The summed E-state index contributed by atoms with van der Waals surface area (Å²) in [5, 5.41) is 11.8. The molecule has 0 radical (unpaired) electrons. The first kappa shape index (κ1) is 12.5. The van der Waals surface area contributed by atoms with Crippen LogP contribution in [0.25, 0.3) is 0 Å². The van der Waals surface area contributed by atoms with Crippen LogP contribution < -0.4 is 5.32 Å². The van der Waals surface area contributed by atoms with E-state index in [1.165, 1.54) is 6.42 Å². The molecule has 0 heterocycles. The molecule has 1 rings (SSSR count). The SMILES string of the molecule is C[C@@H](CO)NC(=O)C1CCCCC1(C)C. The summed E-state index contributed by atoms with van der Waals surface area (Å²) < 4.78 is 0. The van der Waals surface area contributed by atoms with Crippen molar-refractivity contribution >= 4 is 5.91 Å². The molecular formula is C12H23NO2. The molecule has 88 valence electrons. The third kappa shape index (κ3) is 3.20. The number of nitrogens with one attached hydrogen (secondary N) is 1. The van der Waals surface area contributed by atoms with Crippen molar-refractivity contribution in [3.05, 3.63) is 0 Å². The molecule has 15 heavy (non-hydrogen) atoms. The zero-order chi connectivity index (χ0) is 11.5. The highest BCUT2D eigenvalue weighted by Gasteiger charge is 2.37. The summed E-state index contributed by atoms with van der Waals surface area (Å²) in [5.74, 6) is 0.224. The van der Waals surface area contributed by atoms with Crippen molar-refractivity contribution in [1.29, 1.82) is 0 Å². The Morgan fingerprint density at radius 3 is 2.73 bits per heavy atom. The number of rotatable bonds is 3. The largest absolute Gasteiger partial charge is 0.394 e. The van der Waals surface area contributed by atoms with Crippen molar-refractivity contribution in [3.63, 3.8) is 0 Å². The fourth-order valence-corrected chi connectivity index (χ4v) is 2.37. The van der Waals surface area contributed by atoms with E-state index >= 15 is 0 Å². The van der Waals surface area contributed by atoms with E-state index in [2.05, 4.69) is 19.2 Å². The molecule has 1 fully saturated rings. The van der Waals surface area contributed by atoms with Gasteiger partial charge in [0.2, 0.25) is 5.91 Å². The normalized spacial score (nSPS) is 27.1. The van der Waals surface area contributed by atoms with Gasteiger partial charge in [-0.05, 0) is 25.2 Å². The molecule has 0 aliphatic heterocycles. The first-order valence-electron chi connectivity index (χ1n) is 5.88. The fraction of sp³-hybridized carbons (Fsp3) is 0.917. The maximum atomic E-state index is 12.0. The van der Waals surface area contributed by atoms with Gasteiger partial charge in [0, 0.05) is 12.0 Å². The molecule has 1 saturated carbocycles. The van der Waals surface area contributed by atoms with Gasteiger partial charge in [-0.1, -0.05) is 26.7 Å². The first-order chi connectivity index (χ1) is 6.97. The van der Waals surface area contributed by atoms with Gasteiger partial charge in [0.1, 0.15) is 0 Å². The van der Waals surface area contributed by atoms with E-state index in [0.29, 0.717) is 0 Å². The van der Waals surface area contributed by atoms with Crippen LogP contribution in [-0.2, 0) is 4.79 Å². The second-order valence-electron chi connectivity index (χ2n) is 5.38. The molecule has 0 aromatic rings. The lowest BCUT2D eigenvalue weighted by molar-refractivity contribution is -0.131. The van der Waals surface area contributed by atoms with Crippen molar-refractivity contribution in [3.8, 4) is 0 Å². The minimum absolute atomic E-state index is 0.0128. The summed E-state index contributed by atoms with van der Waals surface area (Å²) in [6.07, 6.45) is 4.48. The number of carbonyl (C=O) groups is 1. The number of hydrogen-bond donors (Lipinski definition) is 2. The molecule has 0 spiro atoms. The van der Waals surface area contributed by atoms with Crippen molar-refractivity contribution in [2.24, 2.45) is 11.3 Å². The van der Waals surface area contributed by atoms with E-state index in [9.17, 15) is 4.79 Å². The molecule has 1 aliphatic rings. The number of aliphatic hydroxyl groups is 1. The fourth-order valence-electron chi connectivity index (χ4n) is 2.37. The van der Waals surface area contributed by atoms with Crippen molar-refractivity contribution in [1.82, 2.24) is 5.32 Å². The van der Waals surface area contributed by atoms with Crippen LogP contribution in [0, 0.1) is 11.3 Å². The minimum Gasteiger partial charge on any atom is -0.394 e. The van der Waals surface area contributed by atoms with Crippen molar-refractivity contribution in [2.75, 3.05) is 6.61 Å². The van der Waals surface area contributed by atoms with E-state index in [4.69, 9.17) is 5.11 Å². The van der Waals surface area contributed by atoms with E-state index in [1.807, 2.05) is 6.92 Å². The van der Waals surface area contributed by atoms with Gasteiger partial charge >= 0.3 is 0 Å². The van der Waals surface area contributed by atoms with Crippen molar-refractivity contribution in [2.45, 2.75) is 52.5 Å². The highest BCUT2D eigenvalue weighted by atomic mass is 16.3. The standard InChI is InChI=1S/C12H23NO2/c1-9(8-14)13-11(15)10-6-4-5-7-12(10,2)3/h9-10,14H,4-8H2,1-3H3,(H,13,15)/t9-,10?/m0/s1. The van der Waals surface area contributed by atoms with Gasteiger partial charge in [-0.15, -0.1) is 0 Å². The van der Waals surface area contributed by atoms with Gasteiger partial charge in [-0.3, -0.25) is 4.79 Å². The number of carbonyl (C=O) groups excluding carboxylic acids is 1. The average molecular weight is 213 g/mol. The third-order valence-electron chi connectivity index (χ3n) is 3.49. The molecule has 1 unspecified atom stereocenters. The summed E-state index contributed by atoms with van der Waals surface area (Å²) in [6.45, 7) is 6.17. The van der Waals surface area contributed by atoms with Crippen LogP contribution in [0.2, 0.25) is 0 Å². The quantitative estimate of drug-likeness (QED) is 0.749. The number of amides is 1. The highest BCUT2D eigenvalue weighted by molar-refractivity contribution is 5.79. The zero-order valence-corrected chi connectivity index (χ0v) is 10.0. The summed E-state index contributed by atoms with van der Waals surface area (Å²) in [4.78, 5) is 12.0. The van der Waals surface area contributed by atoms with Gasteiger partial charge in [-0.25, -0.2) is 0 Å². The summed E-state index contributed by atoms with van der Waals surface area (Å²) in [5.41, 5.74) is 0.109. The predicted octanol–water partition coefficient (Wildman–Crippen LogP) is 1.70.